The number of hydrogen-bond donors (Lipinski definition) is 1. The molecule has 0 aliphatic heterocycles. The highest BCUT2D eigenvalue weighted by Crippen LogP contribution is 2.29. The molecule has 4 rings (SSSR count). The zero-order chi connectivity index (χ0) is 31.7. The molecule has 0 heterocycles. The van der Waals surface area contributed by atoms with Gasteiger partial charge in [-0.05, 0) is 60.4 Å². The highest BCUT2D eigenvalue weighted by molar-refractivity contribution is 7.92. The van der Waals surface area contributed by atoms with Gasteiger partial charge in [-0.15, -0.1) is 0 Å². The molecule has 0 saturated carbocycles. The molecule has 4 aromatic rings. The van der Waals surface area contributed by atoms with E-state index in [-0.39, 0.29) is 23.8 Å². The molecule has 10 heteroatoms. The molecule has 230 valence electrons. The molecule has 4 aromatic carbocycles. The van der Waals surface area contributed by atoms with E-state index < -0.39 is 28.5 Å². The summed E-state index contributed by atoms with van der Waals surface area (Å²) in [6, 6.07) is 28.6. The average molecular weight is 653 g/mol. The second-order valence-corrected chi connectivity index (χ2v) is 12.9. The topological polar surface area (TPSA) is 86.8 Å². The average Bonchev–Trinajstić information content (AvgIpc) is 3.04. The van der Waals surface area contributed by atoms with Crippen molar-refractivity contribution in [1.82, 2.24) is 10.2 Å². The molecular formula is C34H35Cl2N3O4S. The summed E-state index contributed by atoms with van der Waals surface area (Å²) in [5, 5.41) is 3.52. The third-order valence-electron chi connectivity index (χ3n) is 7.21. The monoisotopic (exact) mass is 651 g/mol. The number of carbonyl (C=O) groups excluding carboxylic acids is 2. The Morgan fingerprint density at radius 3 is 2.07 bits per heavy atom. The molecule has 2 amide bonds. The predicted octanol–water partition coefficient (Wildman–Crippen LogP) is 6.53. The van der Waals surface area contributed by atoms with Crippen LogP contribution in [0.25, 0.3) is 0 Å². The maximum Gasteiger partial charge on any atom is 0.264 e. The Labute approximate surface area is 269 Å². The molecule has 0 spiro atoms. The molecule has 0 fully saturated rings. The first-order valence-electron chi connectivity index (χ1n) is 14.4. The third-order valence-corrected chi connectivity index (χ3v) is 9.72. The second kappa shape index (κ2) is 15.2. The molecule has 0 bridgehead atoms. The molecule has 0 radical (unpaired) electrons. The van der Waals surface area contributed by atoms with Gasteiger partial charge < -0.3 is 10.2 Å². The van der Waals surface area contributed by atoms with E-state index in [1.165, 1.54) is 17.0 Å². The van der Waals surface area contributed by atoms with E-state index in [4.69, 9.17) is 23.2 Å². The van der Waals surface area contributed by atoms with Crippen molar-refractivity contribution in [1.29, 1.82) is 0 Å². The van der Waals surface area contributed by atoms with Crippen LogP contribution in [0.15, 0.2) is 108 Å². The van der Waals surface area contributed by atoms with Crippen LogP contribution in [0.1, 0.15) is 30.5 Å². The van der Waals surface area contributed by atoms with Crippen LogP contribution in [-0.4, -0.2) is 44.3 Å². The zero-order valence-corrected chi connectivity index (χ0v) is 26.9. The number of nitrogens with zero attached hydrogens (tertiary/aromatic N) is 2. The predicted molar refractivity (Wildman–Crippen MR) is 176 cm³/mol. The van der Waals surface area contributed by atoms with Crippen molar-refractivity contribution in [2.45, 2.75) is 44.2 Å². The van der Waals surface area contributed by atoms with Gasteiger partial charge in [0.15, 0.2) is 0 Å². The lowest BCUT2D eigenvalue weighted by atomic mass is 10.0. The minimum Gasteiger partial charge on any atom is -0.355 e. The Bertz CT molecular complexity index is 1690. The van der Waals surface area contributed by atoms with Crippen molar-refractivity contribution in [2.75, 3.05) is 17.4 Å². The number of nitrogens with one attached hydrogen (secondary N) is 1. The molecule has 0 aliphatic carbocycles. The van der Waals surface area contributed by atoms with Crippen molar-refractivity contribution in [2.24, 2.45) is 0 Å². The molecule has 44 heavy (non-hydrogen) atoms. The summed E-state index contributed by atoms with van der Waals surface area (Å²) in [6.07, 6.45) is 0.768. The van der Waals surface area contributed by atoms with E-state index in [0.717, 1.165) is 15.4 Å². The standard InChI is InChI=1S/C34H35Cl2N3O4S/c1-3-27-15-11-12-18-31(27)39(44(42,43)28-16-9-6-10-17-28)24-33(40)38(23-26-19-20-29(35)30(36)21-26)32(34(41)37-4-2)22-25-13-7-5-8-14-25/h5-21,32H,3-4,22-24H2,1-2H3,(H,37,41)/t32-/m0/s1. The SMILES string of the molecule is CCNC(=O)[C@H](Cc1ccccc1)N(Cc1ccc(Cl)c(Cl)c1)C(=O)CN(c1ccccc1CC)S(=O)(=O)c1ccccc1. The number of rotatable bonds is 13. The maximum atomic E-state index is 14.5. The summed E-state index contributed by atoms with van der Waals surface area (Å²) in [5.41, 5.74) is 2.65. The summed E-state index contributed by atoms with van der Waals surface area (Å²) in [7, 11) is -4.17. The van der Waals surface area contributed by atoms with Gasteiger partial charge in [-0.25, -0.2) is 8.42 Å². The van der Waals surface area contributed by atoms with E-state index in [1.807, 2.05) is 49.4 Å². The van der Waals surface area contributed by atoms with Crippen molar-refractivity contribution >= 4 is 50.7 Å². The number of likely N-dealkylation sites (N-methyl/N-ethyl adjacent to an activating group) is 1. The Kier molecular flexibility index (Phi) is 11.4. The zero-order valence-electron chi connectivity index (χ0n) is 24.6. The number of halogens is 2. The fraction of sp³-hybridized carbons (Fsp3) is 0.235. The Morgan fingerprint density at radius 2 is 1.43 bits per heavy atom. The lowest BCUT2D eigenvalue weighted by molar-refractivity contribution is -0.140. The van der Waals surface area contributed by atoms with Crippen LogP contribution in [0.5, 0.6) is 0 Å². The van der Waals surface area contributed by atoms with Gasteiger partial charge in [-0.1, -0.05) is 103 Å². The third kappa shape index (κ3) is 8.00. The largest absolute Gasteiger partial charge is 0.355 e. The minimum atomic E-state index is -4.17. The van der Waals surface area contributed by atoms with E-state index in [9.17, 15) is 18.0 Å². The summed E-state index contributed by atoms with van der Waals surface area (Å²) in [4.78, 5) is 29.6. The van der Waals surface area contributed by atoms with Crippen molar-refractivity contribution in [3.63, 3.8) is 0 Å². The Balaban J connectivity index is 1.83. The van der Waals surface area contributed by atoms with Crippen molar-refractivity contribution in [3.8, 4) is 0 Å². The minimum absolute atomic E-state index is 0.000986. The highest BCUT2D eigenvalue weighted by Gasteiger charge is 2.35. The molecule has 1 N–H and O–H groups in total. The first-order chi connectivity index (χ1) is 21.1. The molecule has 0 unspecified atom stereocenters. The normalized spacial score (nSPS) is 11.9. The van der Waals surface area contributed by atoms with E-state index in [2.05, 4.69) is 5.32 Å². The number of hydrogen-bond acceptors (Lipinski definition) is 4. The number of sulfonamides is 1. The van der Waals surface area contributed by atoms with E-state index >= 15 is 0 Å². The van der Waals surface area contributed by atoms with Crippen molar-refractivity contribution in [3.05, 3.63) is 130 Å². The van der Waals surface area contributed by atoms with Gasteiger partial charge in [-0.2, -0.15) is 0 Å². The number of anilines is 1. The van der Waals surface area contributed by atoms with Gasteiger partial charge in [0.25, 0.3) is 10.0 Å². The molecule has 0 aliphatic rings. The first kappa shape index (κ1) is 33.1. The highest BCUT2D eigenvalue weighted by atomic mass is 35.5. The van der Waals surface area contributed by atoms with Crippen LogP contribution < -0.4 is 9.62 Å². The molecule has 7 nitrogen and oxygen atoms in total. The number of para-hydroxylation sites is 1. The lowest BCUT2D eigenvalue weighted by Crippen LogP contribution is -2.53. The van der Waals surface area contributed by atoms with E-state index in [0.29, 0.717) is 34.3 Å². The smallest absolute Gasteiger partial charge is 0.264 e. The second-order valence-electron chi connectivity index (χ2n) is 10.2. The van der Waals surface area contributed by atoms with Crippen LogP contribution in [0.3, 0.4) is 0 Å². The fourth-order valence-electron chi connectivity index (χ4n) is 4.97. The van der Waals surface area contributed by atoms with Gasteiger partial charge in [0, 0.05) is 19.5 Å². The fourth-order valence-corrected chi connectivity index (χ4v) is 6.76. The van der Waals surface area contributed by atoms with Gasteiger partial charge >= 0.3 is 0 Å². The Hall–Kier alpha value is -3.85. The number of carbonyl (C=O) groups is 2. The van der Waals surface area contributed by atoms with Crippen LogP contribution in [0.4, 0.5) is 5.69 Å². The first-order valence-corrected chi connectivity index (χ1v) is 16.6. The summed E-state index contributed by atoms with van der Waals surface area (Å²) in [5.74, 6) is -0.898. The van der Waals surface area contributed by atoms with Crippen LogP contribution in [0, 0.1) is 0 Å². The summed E-state index contributed by atoms with van der Waals surface area (Å²) < 4.78 is 29.4. The summed E-state index contributed by atoms with van der Waals surface area (Å²) in [6.45, 7) is 3.56. The molecule has 0 saturated heterocycles. The Morgan fingerprint density at radius 1 is 0.795 bits per heavy atom. The molecule has 0 aromatic heterocycles. The lowest BCUT2D eigenvalue weighted by Gasteiger charge is -2.34. The summed E-state index contributed by atoms with van der Waals surface area (Å²) >= 11 is 12.5. The number of aryl methyl sites for hydroxylation is 1. The number of benzene rings is 4. The van der Waals surface area contributed by atoms with Crippen LogP contribution >= 0.6 is 23.2 Å². The van der Waals surface area contributed by atoms with Gasteiger partial charge in [0.1, 0.15) is 12.6 Å². The quantitative estimate of drug-likeness (QED) is 0.178. The molecule has 1 atom stereocenters. The van der Waals surface area contributed by atoms with Crippen LogP contribution in [-0.2, 0) is 39.0 Å². The van der Waals surface area contributed by atoms with Gasteiger partial charge in [-0.3, -0.25) is 13.9 Å². The van der Waals surface area contributed by atoms with Crippen LogP contribution in [0.2, 0.25) is 10.0 Å². The number of amides is 2. The maximum absolute atomic E-state index is 14.5. The van der Waals surface area contributed by atoms with Gasteiger partial charge in [0.2, 0.25) is 11.8 Å². The van der Waals surface area contributed by atoms with Gasteiger partial charge in [0.05, 0.1) is 20.6 Å². The van der Waals surface area contributed by atoms with Crippen molar-refractivity contribution < 1.29 is 18.0 Å². The molecular weight excluding hydrogens is 617 g/mol. The van der Waals surface area contributed by atoms with E-state index in [1.54, 1.807) is 55.5 Å².